The van der Waals surface area contributed by atoms with Crippen LogP contribution in [0.25, 0.3) is 0 Å². The van der Waals surface area contributed by atoms with E-state index in [1.54, 1.807) is 32.0 Å². The number of anilines is 1. The first-order chi connectivity index (χ1) is 18.1. The minimum absolute atomic E-state index is 0.0210. The van der Waals surface area contributed by atoms with Gasteiger partial charge in [0, 0.05) is 28.8 Å². The molecule has 194 valence electrons. The standard InChI is InChI=1S/C26H20ClN3O8/c1-15-9-20(3-6-23(15)27)37-22-12-17(11-18(13-22)29(32)33)28-26(31)25-8-5-21(38-25)14-36-19-4-7-24(30(34)35)16(2)10-19/h3-13H,14H2,1-2H3,(H,28,31). The number of nitro benzene ring substituents is 2. The molecule has 0 spiro atoms. The molecule has 4 rings (SSSR count). The molecule has 0 radical (unpaired) electrons. The number of carbonyl (C=O) groups is 1. The molecule has 1 amide bonds. The van der Waals surface area contributed by atoms with Gasteiger partial charge in [-0.2, -0.15) is 0 Å². The lowest BCUT2D eigenvalue weighted by molar-refractivity contribution is -0.385. The number of hydrogen-bond donors (Lipinski definition) is 1. The molecule has 3 aromatic carbocycles. The van der Waals surface area contributed by atoms with Gasteiger partial charge in [0.1, 0.15) is 29.6 Å². The Hall–Kier alpha value is -4.90. The third kappa shape index (κ3) is 6.26. The van der Waals surface area contributed by atoms with Crippen LogP contribution in [0.1, 0.15) is 27.4 Å². The quantitative estimate of drug-likeness (QED) is 0.177. The largest absolute Gasteiger partial charge is 0.486 e. The highest BCUT2D eigenvalue weighted by atomic mass is 35.5. The SMILES string of the molecule is Cc1cc(Oc2cc(NC(=O)c3ccc(COc4ccc([N+](=O)[O-])c(C)c4)o3)cc([N+](=O)[O-])c2)ccc1Cl. The maximum Gasteiger partial charge on any atom is 0.291 e. The third-order valence-corrected chi connectivity index (χ3v) is 5.78. The summed E-state index contributed by atoms with van der Waals surface area (Å²) in [4.78, 5) is 34.1. The first kappa shape index (κ1) is 26.2. The molecule has 0 aliphatic carbocycles. The van der Waals surface area contributed by atoms with Gasteiger partial charge >= 0.3 is 0 Å². The Morgan fingerprint density at radius 3 is 2.32 bits per heavy atom. The smallest absolute Gasteiger partial charge is 0.291 e. The Kier molecular flexibility index (Phi) is 7.58. The normalized spacial score (nSPS) is 10.6. The van der Waals surface area contributed by atoms with E-state index in [1.165, 1.54) is 48.5 Å². The van der Waals surface area contributed by atoms with Crippen molar-refractivity contribution in [1.29, 1.82) is 0 Å². The average Bonchev–Trinajstić information content (AvgIpc) is 3.34. The second kappa shape index (κ2) is 11.0. The summed E-state index contributed by atoms with van der Waals surface area (Å²) in [5, 5.41) is 25.5. The van der Waals surface area contributed by atoms with Crippen molar-refractivity contribution in [3.63, 3.8) is 0 Å². The highest BCUT2D eigenvalue weighted by Gasteiger charge is 2.17. The van der Waals surface area contributed by atoms with Gasteiger partial charge in [-0.1, -0.05) is 11.6 Å². The van der Waals surface area contributed by atoms with Gasteiger partial charge in [-0.15, -0.1) is 0 Å². The number of carbonyl (C=O) groups excluding carboxylic acids is 1. The lowest BCUT2D eigenvalue weighted by Crippen LogP contribution is -2.11. The molecular weight excluding hydrogens is 518 g/mol. The summed E-state index contributed by atoms with van der Waals surface area (Å²) in [6.07, 6.45) is 0. The van der Waals surface area contributed by atoms with Gasteiger partial charge in [0.15, 0.2) is 5.76 Å². The van der Waals surface area contributed by atoms with Crippen molar-refractivity contribution in [3.8, 4) is 17.2 Å². The number of aryl methyl sites for hydroxylation is 2. The number of rotatable bonds is 9. The van der Waals surface area contributed by atoms with E-state index in [0.717, 1.165) is 5.56 Å². The fourth-order valence-electron chi connectivity index (χ4n) is 3.48. The predicted molar refractivity (Wildman–Crippen MR) is 138 cm³/mol. The number of furan rings is 1. The molecule has 1 heterocycles. The number of benzene rings is 3. The zero-order valence-electron chi connectivity index (χ0n) is 20.1. The van der Waals surface area contributed by atoms with Crippen LogP contribution in [0.2, 0.25) is 5.02 Å². The molecule has 0 atom stereocenters. The second-order valence-corrected chi connectivity index (χ2v) is 8.61. The molecule has 0 saturated heterocycles. The van der Waals surface area contributed by atoms with E-state index in [0.29, 0.717) is 27.8 Å². The van der Waals surface area contributed by atoms with Crippen LogP contribution in [-0.4, -0.2) is 15.8 Å². The van der Waals surface area contributed by atoms with E-state index in [2.05, 4.69) is 5.32 Å². The van der Waals surface area contributed by atoms with Gasteiger partial charge in [0.25, 0.3) is 17.3 Å². The highest BCUT2D eigenvalue weighted by Crippen LogP contribution is 2.32. The van der Waals surface area contributed by atoms with Gasteiger partial charge in [0.05, 0.1) is 21.6 Å². The molecule has 11 nitrogen and oxygen atoms in total. The van der Waals surface area contributed by atoms with Crippen LogP contribution in [0.3, 0.4) is 0 Å². The Morgan fingerprint density at radius 1 is 0.895 bits per heavy atom. The number of non-ortho nitro benzene ring substituents is 1. The van der Waals surface area contributed by atoms with Crippen molar-refractivity contribution in [2.45, 2.75) is 20.5 Å². The van der Waals surface area contributed by atoms with E-state index in [4.69, 9.17) is 25.5 Å². The van der Waals surface area contributed by atoms with Crippen LogP contribution in [0.4, 0.5) is 17.1 Å². The van der Waals surface area contributed by atoms with E-state index >= 15 is 0 Å². The predicted octanol–water partition coefficient (Wildman–Crippen LogP) is 6.99. The van der Waals surface area contributed by atoms with Crippen LogP contribution < -0.4 is 14.8 Å². The zero-order chi connectivity index (χ0) is 27.4. The topological polar surface area (TPSA) is 147 Å². The van der Waals surface area contributed by atoms with Gasteiger partial charge in [0.2, 0.25) is 0 Å². The molecule has 1 N–H and O–H groups in total. The molecular formula is C26H20ClN3O8. The Balaban J connectivity index is 1.45. The third-order valence-electron chi connectivity index (χ3n) is 5.36. The minimum atomic E-state index is -0.642. The van der Waals surface area contributed by atoms with Crippen molar-refractivity contribution in [2.75, 3.05) is 5.32 Å². The van der Waals surface area contributed by atoms with Crippen LogP contribution >= 0.6 is 11.6 Å². The molecule has 38 heavy (non-hydrogen) atoms. The van der Waals surface area contributed by atoms with Gasteiger partial charge < -0.3 is 19.2 Å². The van der Waals surface area contributed by atoms with Gasteiger partial charge in [-0.25, -0.2) is 0 Å². The Bertz CT molecular complexity index is 1550. The monoisotopic (exact) mass is 537 g/mol. The molecule has 4 aromatic rings. The fourth-order valence-corrected chi connectivity index (χ4v) is 3.60. The number of amides is 1. The number of hydrogen-bond acceptors (Lipinski definition) is 8. The van der Waals surface area contributed by atoms with E-state index in [1.807, 2.05) is 0 Å². The molecule has 0 aliphatic heterocycles. The molecule has 0 saturated carbocycles. The summed E-state index contributed by atoms with van der Waals surface area (Å²) in [6, 6.07) is 16.1. The zero-order valence-corrected chi connectivity index (χ0v) is 20.9. The molecule has 0 bridgehead atoms. The highest BCUT2D eigenvalue weighted by molar-refractivity contribution is 6.31. The summed E-state index contributed by atoms with van der Waals surface area (Å²) in [7, 11) is 0. The van der Waals surface area contributed by atoms with Crippen molar-refractivity contribution in [2.24, 2.45) is 0 Å². The van der Waals surface area contributed by atoms with E-state index < -0.39 is 15.8 Å². The molecule has 0 aliphatic rings. The number of nitro groups is 2. The first-order valence-corrected chi connectivity index (χ1v) is 11.5. The lowest BCUT2D eigenvalue weighted by atomic mass is 10.2. The summed E-state index contributed by atoms with van der Waals surface area (Å²) >= 11 is 6.03. The lowest BCUT2D eigenvalue weighted by Gasteiger charge is -2.10. The van der Waals surface area contributed by atoms with E-state index in [9.17, 15) is 25.0 Å². The number of halogens is 1. The summed E-state index contributed by atoms with van der Waals surface area (Å²) in [5.74, 6) is 0.594. The van der Waals surface area contributed by atoms with Gasteiger partial charge in [-0.3, -0.25) is 25.0 Å². The molecule has 0 fully saturated rings. The second-order valence-electron chi connectivity index (χ2n) is 8.20. The van der Waals surface area contributed by atoms with Crippen molar-refractivity contribution < 1.29 is 28.5 Å². The number of nitrogens with zero attached hydrogens (tertiary/aromatic N) is 2. The first-order valence-electron chi connectivity index (χ1n) is 11.1. The van der Waals surface area contributed by atoms with Crippen LogP contribution in [0.5, 0.6) is 17.2 Å². The summed E-state index contributed by atoms with van der Waals surface area (Å²) in [5.41, 5.74) is 1.03. The number of ether oxygens (including phenoxy) is 2. The van der Waals surface area contributed by atoms with Crippen molar-refractivity contribution >= 4 is 34.6 Å². The van der Waals surface area contributed by atoms with E-state index in [-0.39, 0.29) is 35.2 Å². The van der Waals surface area contributed by atoms with Crippen LogP contribution in [0.15, 0.2) is 71.1 Å². The summed E-state index contributed by atoms with van der Waals surface area (Å²) < 4.78 is 16.9. The molecule has 0 unspecified atom stereocenters. The van der Waals surface area contributed by atoms with Crippen molar-refractivity contribution in [3.05, 3.63) is 115 Å². The minimum Gasteiger partial charge on any atom is -0.486 e. The van der Waals surface area contributed by atoms with Crippen LogP contribution in [0, 0.1) is 34.1 Å². The maximum atomic E-state index is 12.7. The average molecular weight is 538 g/mol. The Labute approximate surface area is 220 Å². The van der Waals surface area contributed by atoms with Crippen LogP contribution in [-0.2, 0) is 6.61 Å². The summed E-state index contributed by atoms with van der Waals surface area (Å²) in [6.45, 7) is 3.37. The Morgan fingerprint density at radius 2 is 1.63 bits per heavy atom. The van der Waals surface area contributed by atoms with Gasteiger partial charge in [-0.05, 0) is 61.9 Å². The van der Waals surface area contributed by atoms with Crippen molar-refractivity contribution in [1.82, 2.24) is 0 Å². The number of nitrogens with one attached hydrogen (secondary N) is 1. The molecule has 12 heteroatoms. The fraction of sp³-hybridized carbons (Fsp3) is 0.115. The maximum absolute atomic E-state index is 12.7. The molecule has 1 aromatic heterocycles.